The second kappa shape index (κ2) is 7.15. The molecule has 1 aliphatic heterocycles. The van der Waals surface area contributed by atoms with Gasteiger partial charge in [-0.15, -0.1) is 0 Å². The summed E-state index contributed by atoms with van der Waals surface area (Å²) in [5.41, 5.74) is -0.394. The SMILES string of the molecule is O=C(Nc1ccc(C(F)(F)F)cc1)c1cccc(C(=O)N2CCCC2)n1. The van der Waals surface area contributed by atoms with E-state index in [1.54, 1.807) is 11.0 Å². The van der Waals surface area contributed by atoms with Crippen LogP contribution >= 0.6 is 0 Å². The number of anilines is 1. The van der Waals surface area contributed by atoms with Gasteiger partial charge in [-0.3, -0.25) is 9.59 Å². The first-order valence-corrected chi connectivity index (χ1v) is 8.09. The van der Waals surface area contributed by atoms with Crippen LogP contribution in [-0.2, 0) is 6.18 Å². The van der Waals surface area contributed by atoms with Gasteiger partial charge in [-0.25, -0.2) is 4.98 Å². The van der Waals surface area contributed by atoms with Gasteiger partial charge in [-0.1, -0.05) is 6.07 Å². The average Bonchev–Trinajstić information content (AvgIpc) is 3.15. The highest BCUT2D eigenvalue weighted by Gasteiger charge is 2.30. The molecule has 26 heavy (non-hydrogen) atoms. The van der Waals surface area contributed by atoms with E-state index in [1.807, 2.05) is 0 Å². The quantitative estimate of drug-likeness (QED) is 0.907. The molecule has 1 saturated heterocycles. The molecule has 1 aromatic heterocycles. The minimum Gasteiger partial charge on any atom is -0.337 e. The van der Waals surface area contributed by atoms with E-state index in [0.29, 0.717) is 13.1 Å². The number of pyridine rings is 1. The third-order valence-corrected chi connectivity index (χ3v) is 4.06. The van der Waals surface area contributed by atoms with Gasteiger partial charge in [0.05, 0.1) is 5.56 Å². The Kier molecular flexibility index (Phi) is 4.92. The first-order chi connectivity index (χ1) is 12.3. The Morgan fingerprint density at radius 3 is 2.19 bits per heavy atom. The van der Waals surface area contributed by atoms with E-state index in [1.165, 1.54) is 24.3 Å². The molecule has 8 heteroatoms. The summed E-state index contributed by atoms with van der Waals surface area (Å²) in [7, 11) is 0. The van der Waals surface area contributed by atoms with Crippen LogP contribution in [0.15, 0.2) is 42.5 Å². The predicted molar refractivity (Wildman–Crippen MR) is 88.8 cm³/mol. The Morgan fingerprint density at radius 1 is 0.962 bits per heavy atom. The van der Waals surface area contributed by atoms with Crippen molar-refractivity contribution in [1.29, 1.82) is 0 Å². The van der Waals surface area contributed by atoms with Gasteiger partial charge >= 0.3 is 6.18 Å². The third-order valence-electron chi connectivity index (χ3n) is 4.06. The summed E-state index contributed by atoms with van der Waals surface area (Å²) in [6, 6.07) is 8.64. The van der Waals surface area contributed by atoms with Gasteiger partial charge in [0.2, 0.25) is 0 Å². The van der Waals surface area contributed by atoms with Crippen molar-refractivity contribution in [1.82, 2.24) is 9.88 Å². The van der Waals surface area contributed by atoms with Crippen LogP contribution in [0.1, 0.15) is 39.4 Å². The highest BCUT2D eigenvalue weighted by molar-refractivity contribution is 6.03. The number of rotatable bonds is 3. The van der Waals surface area contributed by atoms with Gasteiger partial charge in [-0.05, 0) is 49.2 Å². The van der Waals surface area contributed by atoms with Gasteiger partial charge in [0.25, 0.3) is 11.8 Å². The smallest absolute Gasteiger partial charge is 0.337 e. The van der Waals surface area contributed by atoms with Crippen LogP contribution < -0.4 is 5.32 Å². The number of carbonyl (C=O) groups is 2. The molecule has 136 valence electrons. The summed E-state index contributed by atoms with van der Waals surface area (Å²) in [4.78, 5) is 30.4. The standard InChI is InChI=1S/C18H16F3N3O2/c19-18(20,21)12-6-8-13(9-7-12)22-16(25)14-4-3-5-15(23-14)17(26)24-10-1-2-11-24/h3-9H,1-2,10-11H2,(H,22,25). The summed E-state index contributed by atoms with van der Waals surface area (Å²) in [5.74, 6) is -0.826. The molecule has 0 bridgehead atoms. The number of aromatic nitrogens is 1. The van der Waals surface area contributed by atoms with Crippen LogP contribution in [0, 0.1) is 0 Å². The fourth-order valence-corrected chi connectivity index (χ4v) is 2.70. The van der Waals surface area contributed by atoms with E-state index in [-0.39, 0.29) is 23.0 Å². The molecule has 2 amide bonds. The molecule has 0 spiro atoms. The van der Waals surface area contributed by atoms with Crippen molar-refractivity contribution in [2.75, 3.05) is 18.4 Å². The number of hydrogen-bond donors (Lipinski definition) is 1. The molecule has 2 heterocycles. The van der Waals surface area contributed by atoms with Crippen LogP contribution in [0.4, 0.5) is 18.9 Å². The van der Waals surface area contributed by atoms with Crippen LogP contribution in [-0.4, -0.2) is 34.8 Å². The summed E-state index contributed by atoms with van der Waals surface area (Å²) in [6.45, 7) is 1.34. The molecule has 1 aromatic carbocycles. The number of amides is 2. The number of likely N-dealkylation sites (tertiary alicyclic amines) is 1. The van der Waals surface area contributed by atoms with Gasteiger partial charge in [0.1, 0.15) is 11.4 Å². The zero-order chi connectivity index (χ0) is 18.7. The molecule has 1 aliphatic rings. The highest BCUT2D eigenvalue weighted by atomic mass is 19.4. The molecule has 1 N–H and O–H groups in total. The van der Waals surface area contributed by atoms with Crippen molar-refractivity contribution < 1.29 is 22.8 Å². The van der Waals surface area contributed by atoms with E-state index in [0.717, 1.165) is 25.0 Å². The van der Waals surface area contributed by atoms with Crippen LogP contribution in [0.2, 0.25) is 0 Å². The van der Waals surface area contributed by atoms with E-state index in [9.17, 15) is 22.8 Å². The minimum absolute atomic E-state index is 0.0231. The number of carbonyl (C=O) groups excluding carboxylic acids is 2. The Balaban J connectivity index is 1.72. The topological polar surface area (TPSA) is 62.3 Å². The summed E-state index contributed by atoms with van der Waals surface area (Å²) < 4.78 is 37.7. The number of nitrogens with one attached hydrogen (secondary N) is 1. The molecule has 0 aliphatic carbocycles. The van der Waals surface area contributed by atoms with Crippen molar-refractivity contribution in [2.24, 2.45) is 0 Å². The Bertz CT molecular complexity index is 813. The van der Waals surface area contributed by atoms with Gasteiger partial charge in [0.15, 0.2) is 0 Å². The van der Waals surface area contributed by atoms with E-state index in [2.05, 4.69) is 10.3 Å². The monoisotopic (exact) mass is 363 g/mol. The van der Waals surface area contributed by atoms with Crippen molar-refractivity contribution in [2.45, 2.75) is 19.0 Å². The van der Waals surface area contributed by atoms with Crippen molar-refractivity contribution in [3.63, 3.8) is 0 Å². The average molecular weight is 363 g/mol. The van der Waals surface area contributed by atoms with Gasteiger partial charge in [0, 0.05) is 18.8 Å². The lowest BCUT2D eigenvalue weighted by molar-refractivity contribution is -0.137. The Labute approximate surface area is 147 Å². The molecule has 0 atom stereocenters. The number of alkyl halides is 3. The van der Waals surface area contributed by atoms with Gasteiger partial charge < -0.3 is 10.2 Å². The van der Waals surface area contributed by atoms with Crippen molar-refractivity contribution in [3.05, 3.63) is 59.4 Å². The second-order valence-electron chi connectivity index (χ2n) is 5.94. The highest BCUT2D eigenvalue weighted by Crippen LogP contribution is 2.29. The molecular weight excluding hydrogens is 347 g/mol. The normalized spacial score (nSPS) is 14.3. The maximum Gasteiger partial charge on any atom is 0.416 e. The van der Waals surface area contributed by atoms with E-state index >= 15 is 0 Å². The first-order valence-electron chi connectivity index (χ1n) is 8.09. The molecule has 5 nitrogen and oxygen atoms in total. The first kappa shape index (κ1) is 17.9. The summed E-state index contributed by atoms with van der Waals surface area (Å²) in [5, 5.41) is 2.48. The fourth-order valence-electron chi connectivity index (χ4n) is 2.70. The largest absolute Gasteiger partial charge is 0.416 e. The zero-order valence-electron chi connectivity index (χ0n) is 13.7. The molecule has 3 rings (SSSR count). The van der Waals surface area contributed by atoms with E-state index in [4.69, 9.17) is 0 Å². The van der Waals surface area contributed by atoms with Crippen molar-refractivity contribution >= 4 is 17.5 Å². The number of nitrogens with zero attached hydrogens (tertiary/aromatic N) is 2. The lowest BCUT2D eigenvalue weighted by Gasteiger charge is -2.14. The molecule has 0 saturated carbocycles. The lowest BCUT2D eigenvalue weighted by atomic mass is 10.2. The molecule has 2 aromatic rings. The van der Waals surface area contributed by atoms with E-state index < -0.39 is 17.6 Å². The molecule has 0 radical (unpaired) electrons. The lowest BCUT2D eigenvalue weighted by Crippen LogP contribution is -2.29. The minimum atomic E-state index is -4.44. The molecule has 0 unspecified atom stereocenters. The molecule has 1 fully saturated rings. The van der Waals surface area contributed by atoms with Crippen molar-refractivity contribution in [3.8, 4) is 0 Å². The van der Waals surface area contributed by atoms with Crippen LogP contribution in [0.3, 0.4) is 0 Å². The predicted octanol–water partition coefficient (Wildman–Crippen LogP) is 3.59. The summed E-state index contributed by atoms with van der Waals surface area (Å²) >= 11 is 0. The van der Waals surface area contributed by atoms with Gasteiger partial charge in [-0.2, -0.15) is 13.2 Å². The Morgan fingerprint density at radius 2 is 1.58 bits per heavy atom. The Hall–Kier alpha value is -2.90. The molecular formula is C18H16F3N3O2. The maximum atomic E-state index is 12.6. The number of hydrogen-bond acceptors (Lipinski definition) is 3. The summed E-state index contributed by atoms with van der Waals surface area (Å²) in [6.07, 6.45) is -2.55. The zero-order valence-corrected chi connectivity index (χ0v) is 13.7. The number of halogens is 3. The third kappa shape index (κ3) is 4.01. The van der Waals surface area contributed by atoms with Crippen LogP contribution in [0.5, 0.6) is 0 Å². The number of benzene rings is 1. The second-order valence-corrected chi connectivity index (χ2v) is 5.94. The van der Waals surface area contributed by atoms with Crippen LogP contribution in [0.25, 0.3) is 0 Å². The fraction of sp³-hybridized carbons (Fsp3) is 0.278. The maximum absolute atomic E-state index is 12.6.